The summed E-state index contributed by atoms with van der Waals surface area (Å²) in [5, 5.41) is 1.01. The van der Waals surface area contributed by atoms with Gasteiger partial charge in [-0.05, 0) is 13.3 Å². The molecule has 0 saturated heterocycles. The number of carbonyl (C=O) groups excluding carboxylic acids is 1. The van der Waals surface area contributed by atoms with Crippen LogP contribution in [0.5, 0.6) is 0 Å². The minimum atomic E-state index is -4.17. The van der Waals surface area contributed by atoms with Gasteiger partial charge in [0, 0.05) is 6.42 Å². The Kier molecular flexibility index (Phi) is 7.33. The van der Waals surface area contributed by atoms with Gasteiger partial charge >= 0.3 is 0 Å². The molecule has 0 spiro atoms. The smallest absolute Gasteiger partial charge is 0.285 e. The number of rotatable bonds is 8. The van der Waals surface area contributed by atoms with Gasteiger partial charge < -0.3 is 5.32 Å². The average molecular weight is 251 g/mol. The molecule has 1 amide bonds. The van der Waals surface area contributed by atoms with E-state index in [9.17, 15) is 13.2 Å². The lowest BCUT2D eigenvalue weighted by Crippen LogP contribution is -2.37. The summed E-state index contributed by atoms with van der Waals surface area (Å²) in [4.78, 5) is 11.2. The Morgan fingerprint density at radius 1 is 1.25 bits per heavy atom. The van der Waals surface area contributed by atoms with Crippen LogP contribution in [-0.4, -0.2) is 24.3 Å². The molecule has 0 bridgehead atoms. The van der Waals surface area contributed by atoms with Gasteiger partial charge in [0.05, 0.1) is 0 Å². The molecule has 0 saturated carbocycles. The second-order valence-electron chi connectivity index (χ2n) is 3.89. The van der Waals surface area contributed by atoms with Gasteiger partial charge in [0.25, 0.3) is 10.1 Å². The maximum absolute atomic E-state index is 11.2. The molecule has 16 heavy (non-hydrogen) atoms. The highest BCUT2D eigenvalue weighted by molar-refractivity contribution is 7.86. The van der Waals surface area contributed by atoms with E-state index in [-0.39, 0.29) is 5.91 Å². The maximum Gasteiger partial charge on any atom is 0.285 e. The van der Waals surface area contributed by atoms with E-state index in [0.29, 0.717) is 6.42 Å². The van der Waals surface area contributed by atoms with Crippen LogP contribution in [0.25, 0.3) is 0 Å². The molecule has 0 radical (unpaired) electrons. The van der Waals surface area contributed by atoms with Crippen molar-refractivity contribution in [2.75, 3.05) is 0 Å². The van der Waals surface area contributed by atoms with Crippen molar-refractivity contribution in [1.29, 1.82) is 0 Å². The highest BCUT2D eigenvalue weighted by atomic mass is 32.2. The second kappa shape index (κ2) is 7.62. The fourth-order valence-corrected chi connectivity index (χ4v) is 1.54. The fraction of sp³-hybridized carbons (Fsp3) is 0.900. The number of nitrogens with one attached hydrogen (secondary N) is 1. The fourth-order valence-electron chi connectivity index (χ4n) is 1.26. The SMILES string of the molecule is CCCCCCCC(=O)NC(C)S(=O)(=O)O. The van der Waals surface area contributed by atoms with E-state index in [0.717, 1.165) is 32.1 Å². The number of carbonyl (C=O) groups is 1. The first-order valence-electron chi connectivity index (χ1n) is 5.63. The molecule has 0 aromatic heterocycles. The van der Waals surface area contributed by atoms with Gasteiger partial charge in [0.2, 0.25) is 5.91 Å². The molecule has 0 aliphatic heterocycles. The minimum absolute atomic E-state index is 0.309. The van der Waals surface area contributed by atoms with E-state index in [1.54, 1.807) is 0 Å². The van der Waals surface area contributed by atoms with Gasteiger partial charge in [-0.1, -0.05) is 32.6 Å². The number of hydrogen-bond acceptors (Lipinski definition) is 3. The van der Waals surface area contributed by atoms with Crippen molar-refractivity contribution in [3.8, 4) is 0 Å². The Morgan fingerprint density at radius 2 is 1.81 bits per heavy atom. The average Bonchev–Trinajstić information content (AvgIpc) is 2.16. The Balaban J connectivity index is 3.67. The number of hydrogen-bond donors (Lipinski definition) is 2. The van der Waals surface area contributed by atoms with Crippen LogP contribution in [0.4, 0.5) is 0 Å². The zero-order valence-corrected chi connectivity index (χ0v) is 10.7. The summed E-state index contributed by atoms with van der Waals surface area (Å²) in [7, 11) is -4.17. The normalized spacial score (nSPS) is 13.4. The lowest BCUT2D eigenvalue weighted by Gasteiger charge is -2.10. The van der Waals surface area contributed by atoms with Gasteiger partial charge in [-0.2, -0.15) is 8.42 Å². The molecule has 0 fully saturated rings. The van der Waals surface area contributed by atoms with Crippen molar-refractivity contribution in [2.24, 2.45) is 0 Å². The molecule has 1 unspecified atom stereocenters. The predicted molar refractivity (Wildman–Crippen MR) is 62.5 cm³/mol. The van der Waals surface area contributed by atoms with Crippen LogP contribution in [0.3, 0.4) is 0 Å². The van der Waals surface area contributed by atoms with Crippen molar-refractivity contribution >= 4 is 16.0 Å². The minimum Gasteiger partial charge on any atom is -0.338 e. The molecule has 0 aliphatic rings. The van der Waals surface area contributed by atoms with E-state index in [1.807, 2.05) is 0 Å². The Bertz CT molecular complexity index is 300. The standard InChI is InChI=1S/C10H21NO4S/c1-3-4-5-6-7-8-10(12)11-9(2)16(13,14)15/h9H,3-8H2,1-2H3,(H,11,12)(H,13,14,15). The van der Waals surface area contributed by atoms with Gasteiger partial charge in [0.1, 0.15) is 0 Å². The summed E-state index contributed by atoms with van der Waals surface area (Å²) in [5.41, 5.74) is 0. The summed E-state index contributed by atoms with van der Waals surface area (Å²) < 4.78 is 29.9. The Hall–Kier alpha value is -0.620. The third kappa shape index (κ3) is 7.64. The third-order valence-electron chi connectivity index (χ3n) is 2.32. The molecule has 0 heterocycles. The molecule has 0 rings (SSSR count). The Labute approximate surface area is 97.4 Å². The molecule has 96 valence electrons. The summed E-state index contributed by atoms with van der Waals surface area (Å²) in [6.45, 7) is 3.35. The van der Waals surface area contributed by atoms with Crippen molar-refractivity contribution in [2.45, 2.75) is 57.7 Å². The lowest BCUT2D eigenvalue weighted by molar-refractivity contribution is -0.121. The van der Waals surface area contributed by atoms with Crippen LogP contribution in [0.15, 0.2) is 0 Å². The van der Waals surface area contributed by atoms with Crippen LogP contribution in [0.1, 0.15) is 52.4 Å². The molecule has 2 N–H and O–H groups in total. The highest BCUT2D eigenvalue weighted by Crippen LogP contribution is 2.05. The lowest BCUT2D eigenvalue weighted by atomic mass is 10.1. The second-order valence-corrected chi connectivity index (χ2v) is 5.63. The van der Waals surface area contributed by atoms with E-state index in [1.165, 1.54) is 6.92 Å². The summed E-state index contributed by atoms with van der Waals surface area (Å²) >= 11 is 0. The van der Waals surface area contributed by atoms with Gasteiger partial charge in [-0.15, -0.1) is 0 Å². The molecule has 0 aromatic rings. The van der Waals surface area contributed by atoms with Crippen LogP contribution < -0.4 is 5.32 Å². The van der Waals surface area contributed by atoms with Crippen LogP contribution in [0, 0.1) is 0 Å². The number of unbranched alkanes of at least 4 members (excludes halogenated alkanes) is 4. The maximum atomic E-state index is 11.2. The predicted octanol–water partition coefficient (Wildman–Crippen LogP) is 1.70. The molecule has 0 aromatic carbocycles. The Morgan fingerprint density at radius 3 is 2.31 bits per heavy atom. The summed E-state index contributed by atoms with van der Waals surface area (Å²) in [5.74, 6) is -0.332. The van der Waals surface area contributed by atoms with E-state index in [4.69, 9.17) is 4.55 Å². The first-order valence-corrected chi connectivity index (χ1v) is 7.14. The monoisotopic (exact) mass is 251 g/mol. The molecular formula is C10H21NO4S. The van der Waals surface area contributed by atoms with Crippen molar-refractivity contribution in [3.05, 3.63) is 0 Å². The zero-order valence-electron chi connectivity index (χ0n) is 9.90. The van der Waals surface area contributed by atoms with Gasteiger partial charge in [-0.25, -0.2) is 0 Å². The van der Waals surface area contributed by atoms with Crippen molar-refractivity contribution < 1.29 is 17.8 Å². The molecular weight excluding hydrogens is 230 g/mol. The van der Waals surface area contributed by atoms with Crippen LogP contribution >= 0.6 is 0 Å². The van der Waals surface area contributed by atoms with Crippen LogP contribution in [-0.2, 0) is 14.9 Å². The molecule has 0 aliphatic carbocycles. The number of amides is 1. The van der Waals surface area contributed by atoms with Gasteiger partial charge in [-0.3, -0.25) is 9.35 Å². The van der Waals surface area contributed by atoms with Crippen molar-refractivity contribution in [1.82, 2.24) is 5.32 Å². The summed E-state index contributed by atoms with van der Waals surface area (Å²) in [6.07, 6.45) is 5.43. The molecule has 5 nitrogen and oxygen atoms in total. The largest absolute Gasteiger partial charge is 0.338 e. The van der Waals surface area contributed by atoms with E-state index < -0.39 is 15.5 Å². The van der Waals surface area contributed by atoms with E-state index >= 15 is 0 Å². The first kappa shape index (κ1) is 15.4. The topological polar surface area (TPSA) is 83.5 Å². The highest BCUT2D eigenvalue weighted by Gasteiger charge is 2.18. The zero-order chi connectivity index (χ0) is 12.6. The van der Waals surface area contributed by atoms with Gasteiger partial charge in [0.15, 0.2) is 5.37 Å². The van der Waals surface area contributed by atoms with Crippen LogP contribution in [0.2, 0.25) is 0 Å². The molecule has 1 atom stereocenters. The first-order chi connectivity index (χ1) is 7.38. The van der Waals surface area contributed by atoms with E-state index in [2.05, 4.69) is 12.2 Å². The molecule has 6 heteroatoms. The quantitative estimate of drug-likeness (QED) is 0.508. The third-order valence-corrected chi connectivity index (χ3v) is 3.33. The summed E-state index contributed by atoms with van der Waals surface area (Å²) in [6, 6.07) is 0. The van der Waals surface area contributed by atoms with Crippen molar-refractivity contribution in [3.63, 3.8) is 0 Å².